The molecular formula is C12H17N3O2S. The van der Waals surface area contributed by atoms with Crippen molar-refractivity contribution in [2.45, 2.75) is 30.8 Å². The van der Waals surface area contributed by atoms with E-state index < -0.39 is 0 Å². The highest BCUT2D eigenvalue weighted by molar-refractivity contribution is 7.98. The van der Waals surface area contributed by atoms with Crippen LogP contribution in [0.3, 0.4) is 0 Å². The van der Waals surface area contributed by atoms with Gasteiger partial charge in [-0.3, -0.25) is 9.59 Å². The van der Waals surface area contributed by atoms with E-state index in [2.05, 4.69) is 9.97 Å². The molecule has 1 saturated heterocycles. The summed E-state index contributed by atoms with van der Waals surface area (Å²) in [5.41, 5.74) is 0.754. The van der Waals surface area contributed by atoms with Crippen molar-refractivity contribution in [3.63, 3.8) is 0 Å². The Morgan fingerprint density at radius 3 is 2.72 bits per heavy atom. The van der Waals surface area contributed by atoms with Gasteiger partial charge in [0.2, 0.25) is 5.91 Å². The van der Waals surface area contributed by atoms with Crippen LogP contribution in [0.5, 0.6) is 0 Å². The highest BCUT2D eigenvalue weighted by atomic mass is 32.2. The van der Waals surface area contributed by atoms with E-state index in [0.29, 0.717) is 5.16 Å². The summed E-state index contributed by atoms with van der Waals surface area (Å²) < 4.78 is 0. The number of hydrogen-bond donors (Lipinski definition) is 1. The van der Waals surface area contributed by atoms with E-state index in [9.17, 15) is 9.59 Å². The summed E-state index contributed by atoms with van der Waals surface area (Å²) in [5, 5.41) is 0.659. The number of thioether (sulfide) groups is 1. The third kappa shape index (κ3) is 2.93. The first-order valence-corrected chi connectivity index (χ1v) is 7.23. The van der Waals surface area contributed by atoms with Crippen LogP contribution >= 0.6 is 11.8 Å². The summed E-state index contributed by atoms with van der Waals surface area (Å²) >= 11 is 1.44. The third-order valence-electron chi connectivity index (χ3n) is 3.29. The molecule has 1 amide bonds. The Labute approximate surface area is 110 Å². The molecule has 0 aliphatic carbocycles. The van der Waals surface area contributed by atoms with Gasteiger partial charge in [-0.15, -0.1) is 0 Å². The first kappa shape index (κ1) is 13.1. The summed E-state index contributed by atoms with van der Waals surface area (Å²) in [5.74, 6) is 0.408. The zero-order valence-electron chi connectivity index (χ0n) is 10.6. The van der Waals surface area contributed by atoms with Crippen LogP contribution in [0.25, 0.3) is 0 Å². The quantitative estimate of drug-likeness (QED) is 0.646. The number of amides is 1. The molecule has 1 aromatic heterocycles. The molecular weight excluding hydrogens is 250 g/mol. The zero-order chi connectivity index (χ0) is 13.1. The van der Waals surface area contributed by atoms with Crippen molar-refractivity contribution in [3.05, 3.63) is 22.1 Å². The topological polar surface area (TPSA) is 66.1 Å². The summed E-state index contributed by atoms with van der Waals surface area (Å²) in [7, 11) is 0. The molecule has 0 atom stereocenters. The lowest BCUT2D eigenvalue weighted by atomic mass is 9.93. The molecule has 1 aromatic rings. The SMILES string of the molecule is CSc1nc(C2CCN(C(C)=O)CC2)cc(=O)[nH]1. The van der Waals surface area contributed by atoms with Crippen LogP contribution in [0.2, 0.25) is 0 Å². The van der Waals surface area contributed by atoms with Gasteiger partial charge in [-0.05, 0) is 19.1 Å². The van der Waals surface area contributed by atoms with Gasteiger partial charge in [-0.2, -0.15) is 0 Å². The van der Waals surface area contributed by atoms with E-state index in [1.165, 1.54) is 11.8 Å². The maximum Gasteiger partial charge on any atom is 0.251 e. The molecule has 1 aliphatic heterocycles. The van der Waals surface area contributed by atoms with Crippen molar-refractivity contribution < 1.29 is 4.79 Å². The fourth-order valence-electron chi connectivity index (χ4n) is 2.25. The van der Waals surface area contributed by atoms with Crippen molar-refractivity contribution >= 4 is 17.7 Å². The van der Waals surface area contributed by atoms with Gasteiger partial charge in [0.1, 0.15) is 0 Å². The van der Waals surface area contributed by atoms with Crippen LogP contribution in [-0.4, -0.2) is 40.1 Å². The minimum atomic E-state index is -0.0988. The molecule has 18 heavy (non-hydrogen) atoms. The maximum absolute atomic E-state index is 11.5. The van der Waals surface area contributed by atoms with Gasteiger partial charge in [-0.25, -0.2) is 4.98 Å². The normalized spacial score (nSPS) is 16.9. The maximum atomic E-state index is 11.5. The summed E-state index contributed by atoms with van der Waals surface area (Å²) in [4.78, 5) is 31.8. The number of aromatic nitrogens is 2. The highest BCUT2D eigenvalue weighted by Gasteiger charge is 2.23. The van der Waals surface area contributed by atoms with Crippen LogP contribution in [0.15, 0.2) is 16.0 Å². The first-order chi connectivity index (χ1) is 8.60. The van der Waals surface area contributed by atoms with Crippen LogP contribution in [0.1, 0.15) is 31.4 Å². The predicted octanol–water partition coefficient (Wildman–Crippen LogP) is 1.22. The Hall–Kier alpha value is -1.30. The molecule has 0 aromatic carbocycles. The molecule has 1 fully saturated rings. The van der Waals surface area contributed by atoms with Crippen molar-refractivity contribution in [1.29, 1.82) is 0 Å². The molecule has 6 heteroatoms. The molecule has 98 valence electrons. The fraction of sp³-hybridized carbons (Fsp3) is 0.583. The predicted molar refractivity (Wildman–Crippen MR) is 70.9 cm³/mol. The highest BCUT2D eigenvalue weighted by Crippen LogP contribution is 2.26. The third-order valence-corrected chi connectivity index (χ3v) is 3.87. The minimum Gasteiger partial charge on any atom is -0.343 e. The average molecular weight is 267 g/mol. The van der Waals surface area contributed by atoms with Gasteiger partial charge in [0.25, 0.3) is 5.56 Å². The lowest BCUT2D eigenvalue weighted by Crippen LogP contribution is -2.36. The molecule has 0 saturated carbocycles. The number of nitrogens with one attached hydrogen (secondary N) is 1. The van der Waals surface area contributed by atoms with Crippen LogP contribution < -0.4 is 5.56 Å². The Balaban J connectivity index is 2.12. The summed E-state index contributed by atoms with van der Waals surface area (Å²) in [6, 6.07) is 1.58. The van der Waals surface area contributed by atoms with Gasteiger partial charge >= 0.3 is 0 Å². The lowest BCUT2D eigenvalue weighted by molar-refractivity contribution is -0.129. The monoisotopic (exact) mass is 267 g/mol. The van der Waals surface area contributed by atoms with Crippen molar-refractivity contribution in [2.75, 3.05) is 19.3 Å². The number of carbonyl (C=O) groups is 1. The molecule has 1 aliphatic rings. The van der Waals surface area contributed by atoms with Gasteiger partial charge in [0.05, 0.1) is 5.69 Å². The van der Waals surface area contributed by atoms with Gasteiger partial charge in [-0.1, -0.05) is 11.8 Å². The van der Waals surface area contributed by atoms with E-state index in [4.69, 9.17) is 0 Å². The molecule has 0 unspecified atom stereocenters. The number of hydrogen-bond acceptors (Lipinski definition) is 4. The number of carbonyl (C=O) groups excluding carboxylic acids is 1. The average Bonchev–Trinajstić information content (AvgIpc) is 2.38. The van der Waals surface area contributed by atoms with E-state index in [-0.39, 0.29) is 17.4 Å². The molecule has 0 radical (unpaired) electrons. The second-order valence-electron chi connectivity index (χ2n) is 4.46. The number of likely N-dealkylation sites (tertiary alicyclic amines) is 1. The van der Waals surface area contributed by atoms with E-state index >= 15 is 0 Å². The Morgan fingerprint density at radius 1 is 1.50 bits per heavy atom. The Morgan fingerprint density at radius 2 is 2.17 bits per heavy atom. The van der Waals surface area contributed by atoms with Crippen molar-refractivity contribution in [2.24, 2.45) is 0 Å². The van der Waals surface area contributed by atoms with E-state index in [0.717, 1.165) is 31.6 Å². The molecule has 1 N–H and O–H groups in total. The molecule has 5 nitrogen and oxygen atoms in total. The lowest BCUT2D eigenvalue weighted by Gasteiger charge is -2.30. The number of piperidine rings is 1. The number of nitrogens with zero attached hydrogens (tertiary/aromatic N) is 2. The largest absolute Gasteiger partial charge is 0.343 e. The smallest absolute Gasteiger partial charge is 0.251 e. The van der Waals surface area contributed by atoms with Crippen LogP contribution in [0, 0.1) is 0 Å². The Kier molecular flexibility index (Phi) is 4.06. The number of rotatable bonds is 2. The van der Waals surface area contributed by atoms with Crippen LogP contribution in [-0.2, 0) is 4.79 Å². The first-order valence-electron chi connectivity index (χ1n) is 6.01. The fourth-order valence-corrected chi connectivity index (χ4v) is 2.65. The van der Waals surface area contributed by atoms with Crippen molar-refractivity contribution in [1.82, 2.24) is 14.9 Å². The van der Waals surface area contributed by atoms with E-state index in [1.807, 2.05) is 11.2 Å². The van der Waals surface area contributed by atoms with Crippen molar-refractivity contribution in [3.8, 4) is 0 Å². The number of aromatic amines is 1. The number of H-pyrrole nitrogens is 1. The second-order valence-corrected chi connectivity index (χ2v) is 5.25. The summed E-state index contributed by atoms with van der Waals surface area (Å²) in [6.45, 7) is 3.10. The molecule has 0 bridgehead atoms. The minimum absolute atomic E-state index is 0.0988. The molecule has 0 spiro atoms. The van der Waals surface area contributed by atoms with Gasteiger partial charge in [0.15, 0.2) is 5.16 Å². The van der Waals surface area contributed by atoms with Crippen LogP contribution in [0.4, 0.5) is 0 Å². The van der Waals surface area contributed by atoms with E-state index in [1.54, 1.807) is 13.0 Å². The standard InChI is InChI=1S/C12H17N3O2S/c1-8(16)15-5-3-9(4-6-15)10-7-11(17)14-12(13-10)18-2/h7,9H,3-6H2,1-2H3,(H,13,14,17). The van der Waals surface area contributed by atoms with Gasteiger partial charge in [0, 0.05) is 32.0 Å². The van der Waals surface area contributed by atoms with Gasteiger partial charge < -0.3 is 9.88 Å². The summed E-state index contributed by atoms with van der Waals surface area (Å²) in [6.07, 6.45) is 3.65. The Bertz CT molecular complexity index is 492. The molecule has 2 rings (SSSR count). The molecule has 2 heterocycles. The second kappa shape index (κ2) is 5.56. The zero-order valence-corrected chi connectivity index (χ0v) is 11.4.